The van der Waals surface area contributed by atoms with Gasteiger partial charge in [-0.25, -0.2) is 4.21 Å². The number of hydrogen-bond donors (Lipinski definition) is 2. The van der Waals surface area contributed by atoms with Crippen molar-refractivity contribution in [2.45, 2.75) is 0 Å². The Bertz CT molecular complexity index is 337. The van der Waals surface area contributed by atoms with Gasteiger partial charge in [-0.3, -0.25) is 19.4 Å². The zero-order valence-corrected chi connectivity index (χ0v) is 7.15. The fourth-order valence-electron chi connectivity index (χ4n) is 0.752. The van der Waals surface area contributed by atoms with Gasteiger partial charge in [-0.05, 0) is 12.1 Å². The molecule has 0 saturated carbocycles. The first-order valence-electron chi connectivity index (χ1n) is 3.21. The van der Waals surface area contributed by atoms with E-state index in [0.717, 1.165) is 0 Å². The van der Waals surface area contributed by atoms with Crippen molar-refractivity contribution in [1.82, 2.24) is 0 Å². The van der Waals surface area contributed by atoms with Crippen molar-refractivity contribution in [3.63, 3.8) is 0 Å². The third-order valence-corrected chi connectivity index (χ3v) is 1.69. The summed E-state index contributed by atoms with van der Waals surface area (Å²) in [4.78, 5) is 9.67. The Morgan fingerprint density at radius 3 is 2.31 bits per heavy atom. The summed E-state index contributed by atoms with van der Waals surface area (Å²) in [6.45, 7) is 0. The number of nitro benzene ring substituents is 1. The molecule has 2 N–H and O–H groups in total. The van der Waals surface area contributed by atoms with E-state index < -0.39 is 16.2 Å². The second-order valence-corrected chi connectivity index (χ2v) is 2.86. The lowest BCUT2D eigenvalue weighted by molar-refractivity contribution is -0.384. The Morgan fingerprint density at radius 2 is 1.92 bits per heavy atom. The molecule has 0 bridgehead atoms. The summed E-state index contributed by atoms with van der Waals surface area (Å²) >= 11 is -2.15. The van der Waals surface area contributed by atoms with E-state index in [-0.39, 0.29) is 5.69 Å². The number of hydrogen-bond acceptors (Lipinski definition) is 3. The minimum Gasteiger partial charge on any atom is -0.289 e. The molecule has 1 unspecified atom stereocenters. The first-order chi connectivity index (χ1) is 6.09. The van der Waals surface area contributed by atoms with E-state index in [9.17, 15) is 14.3 Å². The van der Waals surface area contributed by atoms with E-state index in [1.54, 1.807) is 0 Å². The Morgan fingerprint density at radius 1 is 1.38 bits per heavy atom. The number of nitrogens with one attached hydrogen (secondary N) is 1. The number of anilines is 1. The van der Waals surface area contributed by atoms with Crippen LogP contribution in [0.15, 0.2) is 24.3 Å². The summed E-state index contributed by atoms with van der Waals surface area (Å²) in [5.74, 6) is 0. The number of non-ortho nitro benzene ring substituents is 1. The summed E-state index contributed by atoms with van der Waals surface area (Å²) in [6, 6.07) is 5.20. The molecule has 1 atom stereocenters. The van der Waals surface area contributed by atoms with E-state index in [1.807, 2.05) is 0 Å². The summed E-state index contributed by atoms with van der Waals surface area (Å²) in [5.41, 5.74) is 0.292. The van der Waals surface area contributed by atoms with Gasteiger partial charge in [0.2, 0.25) is 0 Å². The Kier molecular flexibility index (Phi) is 2.93. The van der Waals surface area contributed by atoms with Gasteiger partial charge in [0.15, 0.2) is 0 Å². The number of nitro groups is 1. The van der Waals surface area contributed by atoms with E-state index in [2.05, 4.69) is 4.72 Å². The van der Waals surface area contributed by atoms with Crippen molar-refractivity contribution >= 4 is 22.6 Å². The monoisotopic (exact) mass is 202 g/mol. The van der Waals surface area contributed by atoms with Crippen molar-refractivity contribution in [3.05, 3.63) is 34.4 Å². The minimum atomic E-state index is -2.15. The van der Waals surface area contributed by atoms with Gasteiger partial charge in [0.1, 0.15) is 0 Å². The maximum Gasteiger partial charge on any atom is 0.269 e. The number of benzene rings is 1. The number of rotatable bonds is 3. The highest BCUT2D eigenvalue weighted by Crippen LogP contribution is 2.15. The predicted molar refractivity (Wildman–Crippen MR) is 47.5 cm³/mol. The molecule has 0 amide bonds. The van der Waals surface area contributed by atoms with Gasteiger partial charge in [0.05, 0.1) is 4.92 Å². The number of nitrogens with zero attached hydrogens (tertiary/aromatic N) is 1. The molecule has 0 aliphatic heterocycles. The van der Waals surface area contributed by atoms with Gasteiger partial charge >= 0.3 is 0 Å². The van der Waals surface area contributed by atoms with E-state index in [4.69, 9.17) is 4.55 Å². The molecule has 0 aliphatic carbocycles. The molecular formula is C6H6N2O4S. The molecule has 0 radical (unpaired) electrons. The summed E-state index contributed by atoms with van der Waals surface area (Å²) in [7, 11) is 0. The zero-order valence-electron chi connectivity index (χ0n) is 6.34. The average Bonchev–Trinajstić information content (AvgIpc) is 2.04. The van der Waals surface area contributed by atoms with Gasteiger partial charge in [0, 0.05) is 17.8 Å². The molecule has 0 aromatic heterocycles. The summed E-state index contributed by atoms with van der Waals surface area (Å²) < 4.78 is 20.8. The normalized spacial score (nSPS) is 12.1. The van der Waals surface area contributed by atoms with Crippen molar-refractivity contribution in [2.75, 3.05) is 4.72 Å². The van der Waals surface area contributed by atoms with Gasteiger partial charge < -0.3 is 0 Å². The van der Waals surface area contributed by atoms with E-state index in [0.29, 0.717) is 5.69 Å². The highest BCUT2D eigenvalue weighted by molar-refractivity contribution is 7.80. The molecule has 0 spiro atoms. The van der Waals surface area contributed by atoms with Crippen LogP contribution in [0.3, 0.4) is 0 Å². The van der Waals surface area contributed by atoms with Crippen LogP contribution in [-0.2, 0) is 11.3 Å². The fraction of sp³-hybridized carbons (Fsp3) is 0. The first-order valence-corrected chi connectivity index (χ1v) is 4.32. The van der Waals surface area contributed by atoms with Gasteiger partial charge in [-0.2, -0.15) is 0 Å². The lowest BCUT2D eigenvalue weighted by Crippen LogP contribution is -2.01. The van der Waals surface area contributed by atoms with Crippen LogP contribution in [0.2, 0.25) is 0 Å². The van der Waals surface area contributed by atoms with Gasteiger partial charge in [-0.15, -0.1) is 0 Å². The van der Waals surface area contributed by atoms with E-state index in [1.165, 1.54) is 24.3 Å². The Balaban J connectivity index is 2.81. The maximum atomic E-state index is 10.3. The van der Waals surface area contributed by atoms with E-state index >= 15 is 0 Å². The standard InChI is InChI=1S/C6H6N2O4S/c9-8(10)6-3-1-5(2-4-6)7-13(11)12/h1-4,7H,(H,11,12). The van der Waals surface area contributed by atoms with Crippen molar-refractivity contribution in [1.29, 1.82) is 0 Å². The zero-order chi connectivity index (χ0) is 9.84. The van der Waals surface area contributed by atoms with Crippen LogP contribution >= 0.6 is 0 Å². The second kappa shape index (κ2) is 3.97. The second-order valence-electron chi connectivity index (χ2n) is 2.16. The van der Waals surface area contributed by atoms with Crippen LogP contribution in [0, 0.1) is 10.1 Å². The van der Waals surface area contributed by atoms with Crippen LogP contribution in [0.4, 0.5) is 11.4 Å². The maximum absolute atomic E-state index is 10.3. The third kappa shape index (κ3) is 2.80. The fourth-order valence-corrected chi connectivity index (χ4v) is 1.09. The molecule has 1 aromatic rings. The van der Waals surface area contributed by atoms with Crippen molar-refractivity contribution in [3.8, 4) is 0 Å². The van der Waals surface area contributed by atoms with Gasteiger partial charge in [-0.1, -0.05) is 0 Å². The minimum absolute atomic E-state index is 0.0609. The SMILES string of the molecule is O=[N+]([O-])c1ccc(NS(=O)O)cc1. The lowest BCUT2D eigenvalue weighted by atomic mass is 10.3. The van der Waals surface area contributed by atoms with Crippen LogP contribution < -0.4 is 4.72 Å². The smallest absolute Gasteiger partial charge is 0.269 e. The highest BCUT2D eigenvalue weighted by Gasteiger charge is 2.03. The molecule has 7 heteroatoms. The predicted octanol–water partition coefficient (Wildman–Crippen LogP) is 1.14. The molecule has 6 nitrogen and oxygen atoms in total. The summed E-state index contributed by atoms with van der Waals surface area (Å²) in [5, 5.41) is 10.2. The third-order valence-electron chi connectivity index (χ3n) is 1.28. The molecule has 1 rings (SSSR count). The molecule has 0 fully saturated rings. The average molecular weight is 202 g/mol. The lowest BCUT2D eigenvalue weighted by Gasteiger charge is -1.98. The Hall–Kier alpha value is -1.47. The van der Waals surface area contributed by atoms with Crippen LogP contribution in [0.25, 0.3) is 0 Å². The topological polar surface area (TPSA) is 92.5 Å². The Labute approximate surface area is 76.1 Å². The molecule has 0 heterocycles. The molecule has 1 aromatic carbocycles. The molecular weight excluding hydrogens is 196 g/mol. The molecule has 70 valence electrons. The quantitative estimate of drug-likeness (QED) is 0.436. The van der Waals surface area contributed by atoms with Gasteiger partial charge in [0.25, 0.3) is 17.0 Å². The summed E-state index contributed by atoms with van der Waals surface area (Å²) in [6.07, 6.45) is 0. The van der Waals surface area contributed by atoms with Crippen molar-refractivity contribution in [2.24, 2.45) is 0 Å². The van der Waals surface area contributed by atoms with Crippen LogP contribution in [-0.4, -0.2) is 13.7 Å². The molecule has 0 aliphatic rings. The van der Waals surface area contributed by atoms with Crippen molar-refractivity contribution < 1.29 is 13.7 Å². The largest absolute Gasteiger partial charge is 0.289 e. The van der Waals surface area contributed by atoms with Crippen LogP contribution in [0.1, 0.15) is 0 Å². The molecule has 0 saturated heterocycles. The van der Waals surface area contributed by atoms with Crippen LogP contribution in [0.5, 0.6) is 0 Å². The highest BCUT2D eigenvalue weighted by atomic mass is 32.2. The molecule has 13 heavy (non-hydrogen) atoms. The first kappa shape index (κ1) is 9.62.